The van der Waals surface area contributed by atoms with Crippen molar-refractivity contribution in [3.63, 3.8) is 0 Å². The van der Waals surface area contributed by atoms with E-state index in [1.807, 2.05) is 12.1 Å². The molecule has 14 heavy (non-hydrogen) atoms. The van der Waals surface area contributed by atoms with Gasteiger partial charge in [-0.3, -0.25) is 0 Å². The van der Waals surface area contributed by atoms with Crippen LogP contribution < -0.4 is 9.47 Å². The molecule has 0 unspecified atom stereocenters. The summed E-state index contributed by atoms with van der Waals surface area (Å²) >= 11 is 0. The van der Waals surface area contributed by atoms with Gasteiger partial charge in [0, 0.05) is 6.42 Å². The molecule has 1 aliphatic heterocycles. The summed E-state index contributed by atoms with van der Waals surface area (Å²) in [6.45, 7) is 0.336. The van der Waals surface area contributed by atoms with Crippen LogP contribution in [0.1, 0.15) is 18.4 Å². The van der Waals surface area contributed by atoms with Crippen LogP contribution in [0.3, 0.4) is 0 Å². The van der Waals surface area contributed by atoms with Gasteiger partial charge in [0.05, 0.1) is 0 Å². The van der Waals surface area contributed by atoms with Crippen LogP contribution >= 0.6 is 0 Å². The highest BCUT2D eigenvalue weighted by molar-refractivity contribution is 5.44. The smallest absolute Gasteiger partial charge is 0.231 e. The molecule has 0 bridgehead atoms. The van der Waals surface area contributed by atoms with Gasteiger partial charge in [-0.15, -0.1) is 12.3 Å². The van der Waals surface area contributed by atoms with E-state index in [0.29, 0.717) is 6.79 Å². The summed E-state index contributed by atoms with van der Waals surface area (Å²) in [6.07, 6.45) is 8.04. The van der Waals surface area contributed by atoms with Crippen molar-refractivity contribution in [2.24, 2.45) is 0 Å². The Bertz CT molecular complexity index is 363. The first-order valence-electron chi connectivity index (χ1n) is 4.72. The van der Waals surface area contributed by atoms with Crippen molar-refractivity contribution in [3.8, 4) is 23.8 Å². The van der Waals surface area contributed by atoms with Crippen molar-refractivity contribution in [1.29, 1.82) is 0 Å². The average molecular weight is 188 g/mol. The summed E-state index contributed by atoms with van der Waals surface area (Å²) < 4.78 is 10.5. The predicted molar refractivity (Wildman–Crippen MR) is 54.3 cm³/mol. The first kappa shape index (κ1) is 8.96. The molecule has 1 aromatic carbocycles. The summed E-state index contributed by atoms with van der Waals surface area (Å²) in [5.41, 5.74) is 1.25. The van der Waals surface area contributed by atoms with Crippen molar-refractivity contribution in [2.75, 3.05) is 6.79 Å². The van der Waals surface area contributed by atoms with E-state index in [4.69, 9.17) is 15.9 Å². The van der Waals surface area contributed by atoms with Crippen LogP contribution in [0.15, 0.2) is 18.2 Å². The van der Waals surface area contributed by atoms with Gasteiger partial charge < -0.3 is 9.47 Å². The molecular formula is C12H12O2. The van der Waals surface area contributed by atoms with Crippen LogP contribution in [0.2, 0.25) is 0 Å². The van der Waals surface area contributed by atoms with Gasteiger partial charge in [-0.05, 0) is 30.5 Å². The molecule has 0 atom stereocenters. The monoisotopic (exact) mass is 188 g/mol. The number of aryl methyl sites for hydroxylation is 1. The van der Waals surface area contributed by atoms with Crippen molar-refractivity contribution in [3.05, 3.63) is 23.8 Å². The van der Waals surface area contributed by atoms with Crippen LogP contribution in [0.5, 0.6) is 11.5 Å². The third-order valence-corrected chi connectivity index (χ3v) is 2.22. The van der Waals surface area contributed by atoms with E-state index >= 15 is 0 Å². The SMILES string of the molecule is C#CCCCc1ccc2c(c1)OCO2. The molecule has 2 heteroatoms. The molecule has 0 saturated carbocycles. The molecule has 0 fully saturated rings. The Hall–Kier alpha value is -1.62. The van der Waals surface area contributed by atoms with E-state index in [9.17, 15) is 0 Å². The number of benzene rings is 1. The highest BCUT2D eigenvalue weighted by Gasteiger charge is 2.12. The van der Waals surface area contributed by atoms with E-state index < -0.39 is 0 Å². The number of rotatable bonds is 3. The van der Waals surface area contributed by atoms with Crippen molar-refractivity contribution < 1.29 is 9.47 Å². The molecule has 0 saturated heterocycles. The normalized spacial score (nSPS) is 12.5. The van der Waals surface area contributed by atoms with E-state index in [-0.39, 0.29) is 0 Å². The summed E-state index contributed by atoms with van der Waals surface area (Å²) in [4.78, 5) is 0. The third kappa shape index (κ3) is 1.82. The Morgan fingerprint density at radius 1 is 1.29 bits per heavy atom. The fourth-order valence-corrected chi connectivity index (χ4v) is 1.49. The zero-order chi connectivity index (χ0) is 9.80. The average Bonchev–Trinajstić information content (AvgIpc) is 2.65. The van der Waals surface area contributed by atoms with Crippen LogP contribution in [0, 0.1) is 12.3 Å². The maximum absolute atomic E-state index is 5.28. The van der Waals surface area contributed by atoms with Gasteiger partial charge in [0.25, 0.3) is 0 Å². The van der Waals surface area contributed by atoms with Gasteiger partial charge in [-0.1, -0.05) is 6.07 Å². The Morgan fingerprint density at radius 3 is 3.00 bits per heavy atom. The Labute approximate surface area is 83.8 Å². The lowest BCUT2D eigenvalue weighted by molar-refractivity contribution is 0.174. The predicted octanol–water partition coefficient (Wildman–Crippen LogP) is 2.37. The van der Waals surface area contributed by atoms with Crippen molar-refractivity contribution >= 4 is 0 Å². The third-order valence-electron chi connectivity index (χ3n) is 2.22. The number of terminal acetylenes is 1. The Balaban J connectivity index is 2.02. The molecule has 1 aliphatic rings. The topological polar surface area (TPSA) is 18.5 Å². The molecule has 0 radical (unpaired) electrons. The van der Waals surface area contributed by atoms with Crippen molar-refractivity contribution in [1.82, 2.24) is 0 Å². The highest BCUT2D eigenvalue weighted by atomic mass is 16.7. The molecule has 72 valence electrons. The number of unbranched alkanes of at least 4 members (excludes halogenated alkanes) is 1. The van der Waals surface area contributed by atoms with Crippen LogP contribution in [-0.2, 0) is 6.42 Å². The molecule has 2 rings (SSSR count). The maximum Gasteiger partial charge on any atom is 0.231 e. The Kier molecular flexibility index (Phi) is 2.60. The highest BCUT2D eigenvalue weighted by Crippen LogP contribution is 2.32. The fraction of sp³-hybridized carbons (Fsp3) is 0.333. The lowest BCUT2D eigenvalue weighted by Crippen LogP contribution is -1.92. The van der Waals surface area contributed by atoms with Crippen molar-refractivity contribution in [2.45, 2.75) is 19.3 Å². The summed E-state index contributed by atoms with van der Waals surface area (Å²) in [6, 6.07) is 6.04. The quantitative estimate of drug-likeness (QED) is 0.535. The Morgan fingerprint density at radius 2 is 2.14 bits per heavy atom. The van der Waals surface area contributed by atoms with Gasteiger partial charge in [0.2, 0.25) is 6.79 Å². The number of hydrogen-bond donors (Lipinski definition) is 0. The van der Waals surface area contributed by atoms with Gasteiger partial charge in [0.15, 0.2) is 11.5 Å². The molecule has 0 amide bonds. The minimum Gasteiger partial charge on any atom is -0.454 e. The largest absolute Gasteiger partial charge is 0.454 e. The lowest BCUT2D eigenvalue weighted by atomic mass is 10.1. The van der Waals surface area contributed by atoms with E-state index in [0.717, 1.165) is 30.8 Å². The fourth-order valence-electron chi connectivity index (χ4n) is 1.49. The lowest BCUT2D eigenvalue weighted by Gasteiger charge is -2.01. The molecule has 0 N–H and O–H groups in total. The molecule has 1 aromatic rings. The summed E-state index contributed by atoms with van der Waals surface area (Å²) in [5, 5.41) is 0. The van der Waals surface area contributed by atoms with Crippen LogP contribution in [0.4, 0.5) is 0 Å². The molecule has 0 aromatic heterocycles. The van der Waals surface area contributed by atoms with E-state index in [1.54, 1.807) is 0 Å². The number of hydrogen-bond acceptors (Lipinski definition) is 2. The molecule has 1 heterocycles. The zero-order valence-corrected chi connectivity index (χ0v) is 7.95. The second-order valence-corrected chi connectivity index (χ2v) is 3.25. The first-order valence-corrected chi connectivity index (χ1v) is 4.72. The van der Waals surface area contributed by atoms with Crippen LogP contribution in [-0.4, -0.2) is 6.79 Å². The van der Waals surface area contributed by atoms with Gasteiger partial charge in [-0.25, -0.2) is 0 Å². The maximum atomic E-state index is 5.28. The van der Waals surface area contributed by atoms with E-state index in [2.05, 4.69) is 12.0 Å². The van der Waals surface area contributed by atoms with Crippen LogP contribution in [0.25, 0.3) is 0 Å². The molecule has 0 spiro atoms. The van der Waals surface area contributed by atoms with Gasteiger partial charge >= 0.3 is 0 Å². The zero-order valence-electron chi connectivity index (χ0n) is 7.95. The van der Waals surface area contributed by atoms with Gasteiger partial charge in [0.1, 0.15) is 0 Å². The van der Waals surface area contributed by atoms with Gasteiger partial charge in [-0.2, -0.15) is 0 Å². The standard InChI is InChI=1S/C12H12O2/c1-2-3-4-5-10-6-7-11-12(8-10)14-9-13-11/h1,6-8H,3-5,9H2. The minimum absolute atomic E-state index is 0.336. The second-order valence-electron chi connectivity index (χ2n) is 3.25. The van der Waals surface area contributed by atoms with E-state index in [1.165, 1.54) is 5.56 Å². The summed E-state index contributed by atoms with van der Waals surface area (Å²) in [7, 11) is 0. The molecular weight excluding hydrogens is 176 g/mol. The first-order chi connectivity index (χ1) is 6.90. The number of ether oxygens (including phenoxy) is 2. The number of fused-ring (bicyclic) bond motifs is 1. The minimum atomic E-state index is 0.336. The molecule has 0 aliphatic carbocycles. The summed E-state index contributed by atoms with van der Waals surface area (Å²) in [5.74, 6) is 4.32. The molecule has 2 nitrogen and oxygen atoms in total. The second kappa shape index (κ2) is 4.06.